The maximum atomic E-state index is 14.4. The fourth-order valence-corrected chi connectivity index (χ4v) is 5.18. The number of rotatable bonds is 11. The lowest BCUT2D eigenvalue weighted by atomic mass is 9.90. The van der Waals surface area contributed by atoms with Crippen molar-refractivity contribution < 1.29 is 58.6 Å². The van der Waals surface area contributed by atoms with E-state index in [0.717, 1.165) is 30.3 Å². The molecule has 0 aliphatic heterocycles. The third-order valence-electron chi connectivity index (χ3n) is 7.83. The van der Waals surface area contributed by atoms with Crippen LogP contribution in [0.25, 0.3) is 33.4 Å². The van der Waals surface area contributed by atoms with Crippen LogP contribution >= 0.6 is 0 Å². The first-order chi connectivity index (χ1) is 24.1. The van der Waals surface area contributed by atoms with Gasteiger partial charge in [-0.1, -0.05) is 61.7 Å². The fourth-order valence-electron chi connectivity index (χ4n) is 5.18. The zero-order chi connectivity index (χ0) is 38.6. The highest BCUT2D eigenvalue weighted by Gasteiger charge is 2.37. The Morgan fingerprint density at radius 3 is 1.48 bits per heavy atom. The van der Waals surface area contributed by atoms with Gasteiger partial charge < -0.3 is 9.47 Å². The second kappa shape index (κ2) is 15.5. The number of alkyl halides is 9. The summed E-state index contributed by atoms with van der Waals surface area (Å²) in [6.07, 6.45) is -14.9. The molecule has 4 nitrogen and oxygen atoms in total. The zero-order valence-corrected chi connectivity index (χ0v) is 27.8. The van der Waals surface area contributed by atoms with Crippen LogP contribution in [-0.4, -0.2) is 25.2 Å². The highest BCUT2D eigenvalue weighted by molar-refractivity contribution is 5.87. The molecule has 0 aliphatic carbocycles. The molecule has 0 spiro atoms. The van der Waals surface area contributed by atoms with Crippen LogP contribution in [0.2, 0.25) is 0 Å². The van der Waals surface area contributed by atoms with Gasteiger partial charge >= 0.3 is 30.5 Å². The number of halogens is 9. The Bertz CT molecular complexity index is 1990. The van der Waals surface area contributed by atoms with Gasteiger partial charge in [0.2, 0.25) is 0 Å². The van der Waals surface area contributed by atoms with Crippen molar-refractivity contribution in [2.24, 2.45) is 0 Å². The molecule has 0 aromatic heterocycles. The molecule has 0 aliphatic rings. The monoisotopic (exact) mass is 734 g/mol. The minimum Gasteiger partial charge on any atom is -0.462 e. The molecule has 0 bridgehead atoms. The van der Waals surface area contributed by atoms with Crippen molar-refractivity contribution in [3.8, 4) is 33.4 Å². The standard InChI is InChI=1S/C39H31F9O4/c1-22(2)35(49)51-15-13-24-5-8-26(9-6-24)31-12-10-27(21-34(31)39(46,47)48)28-18-29(20-30(19-28)37(40,41)42)32-11-7-25(17-33(32)38(43,44)45)14-16-52-36(50)23(3)4/h5-12,17-21H,1,3,13-16H2,2,4H3. The van der Waals surface area contributed by atoms with Crippen molar-refractivity contribution >= 4 is 11.9 Å². The summed E-state index contributed by atoms with van der Waals surface area (Å²) in [6, 6.07) is 13.8. The molecule has 0 N–H and O–H groups in total. The number of carbonyl (C=O) groups is 2. The first-order valence-electron chi connectivity index (χ1n) is 15.5. The molecule has 4 rings (SSSR count). The van der Waals surface area contributed by atoms with Crippen LogP contribution in [0, 0.1) is 0 Å². The maximum Gasteiger partial charge on any atom is 0.417 e. The molecule has 0 unspecified atom stereocenters. The van der Waals surface area contributed by atoms with Crippen LogP contribution in [-0.2, 0) is 50.4 Å². The predicted molar refractivity (Wildman–Crippen MR) is 177 cm³/mol. The Kier molecular flexibility index (Phi) is 11.8. The lowest BCUT2D eigenvalue weighted by Crippen LogP contribution is -2.11. The van der Waals surface area contributed by atoms with E-state index in [4.69, 9.17) is 9.47 Å². The van der Waals surface area contributed by atoms with Crippen molar-refractivity contribution in [2.75, 3.05) is 13.2 Å². The highest BCUT2D eigenvalue weighted by Crippen LogP contribution is 2.44. The Morgan fingerprint density at radius 1 is 0.519 bits per heavy atom. The van der Waals surface area contributed by atoms with Crippen molar-refractivity contribution in [1.29, 1.82) is 0 Å². The van der Waals surface area contributed by atoms with Crippen LogP contribution in [0.15, 0.2) is 103 Å². The van der Waals surface area contributed by atoms with Gasteiger partial charge in [-0.3, -0.25) is 0 Å². The summed E-state index contributed by atoms with van der Waals surface area (Å²) in [5.41, 5.74) is -4.86. The quantitative estimate of drug-likeness (QED) is 0.0875. The van der Waals surface area contributed by atoms with Crippen LogP contribution in [0.3, 0.4) is 0 Å². The Morgan fingerprint density at radius 2 is 0.962 bits per heavy atom. The van der Waals surface area contributed by atoms with Crippen LogP contribution in [0.5, 0.6) is 0 Å². The average molecular weight is 735 g/mol. The van der Waals surface area contributed by atoms with E-state index in [1.54, 1.807) is 0 Å². The van der Waals surface area contributed by atoms with E-state index < -0.39 is 63.8 Å². The summed E-state index contributed by atoms with van der Waals surface area (Å²) in [5, 5.41) is 0. The summed E-state index contributed by atoms with van der Waals surface area (Å²) in [6.45, 7) is 9.46. The molecule has 52 heavy (non-hydrogen) atoms. The van der Waals surface area contributed by atoms with E-state index in [1.807, 2.05) is 0 Å². The molecule has 4 aromatic rings. The largest absolute Gasteiger partial charge is 0.462 e. The molecule has 0 fully saturated rings. The maximum absolute atomic E-state index is 14.4. The molecule has 0 atom stereocenters. The van der Waals surface area contributed by atoms with Gasteiger partial charge in [0, 0.05) is 24.0 Å². The summed E-state index contributed by atoms with van der Waals surface area (Å²) in [4.78, 5) is 23.2. The summed E-state index contributed by atoms with van der Waals surface area (Å²) in [5.74, 6) is -1.34. The molecular formula is C39H31F9O4. The van der Waals surface area contributed by atoms with Crippen LogP contribution in [0.4, 0.5) is 39.5 Å². The van der Waals surface area contributed by atoms with Gasteiger partial charge in [0.1, 0.15) is 0 Å². The van der Waals surface area contributed by atoms with E-state index in [-0.39, 0.29) is 59.5 Å². The normalized spacial score (nSPS) is 12.0. The minimum absolute atomic E-state index is 0.00803. The zero-order valence-electron chi connectivity index (χ0n) is 27.8. The number of hydrogen-bond donors (Lipinski definition) is 0. The Hall–Kier alpha value is -5.33. The van der Waals surface area contributed by atoms with E-state index in [2.05, 4.69) is 13.2 Å². The molecule has 0 radical (unpaired) electrons. The Labute approximate surface area is 293 Å². The number of benzene rings is 4. The fraction of sp³-hybridized carbons (Fsp3) is 0.231. The van der Waals surface area contributed by atoms with Gasteiger partial charge in [-0.2, -0.15) is 39.5 Å². The first-order valence-corrected chi connectivity index (χ1v) is 15.5. The predicted octanol–water partition coefficient (Wildman–Crippen LogP) is 11.1. The van der Waals surface area contributed by atoms with Crippen LogP contribution in [0.1, 0.15) is 41.7 Å². The van der Waals surface area contributed by atoms with Crippen LogP contribution < -0.4 is 0 Å². The first kappa shape index (κ1) is 39.5. The minimum atomic E-state index is -5.06. The summed E-state index contributed by atoms with van der Waals surface area (Å²) >= 11 is 0. The van der Waals surface area contributed by atoms with Gasteiger partial charge in [0.05, 0.1) is 29.9 Å². The van der Waals surface area contributed by atoms with Crippen molar-refractivity contribution in [3.63, 3.8) is 0 Å². The van der Waals surface area contributed by atoms with Crippen molar-refractivity contribution in [3.05, 3.63) is 131 Å². The lowest BCUT2D eigenvalue weighted by molar-refractivity contribution is -0.139. The number of ether oxygens (including phenoxy) is 2. The van der Waals surface area contributed by atoms with Crippen molar-refractivity contribution in [2.45, 2.75) is 45.2 Å². The number of esters is 2. The van der Waals surface area contributed by atoms with Gasteiger partial charge in [-0.25, -0.2) is 9.59 Å². The van der Waals surface area contributed by atoms with E-state index >= 15 is 0 Å². The molecule has 0 saturated carbocycles. The second-order valence-electron chi connectivity index (χ2n) is 12.0. The summed E-state index contributed by atoms with van der Waals surface area (Å²) < 4.78 is 138. The second-order valence-corrected chi connectivity index (χ2v) is 12.0. The molecule has 13 heteroatoms. The average Bonchev–Trinajstić information content (AvgIpc) is 3.06. The molecule has 274 valence electrons. The van der Waals surface area contributed by atoms with Gasteiger partial charge in [-0.15, -0.1) is 0 Å². The molecule has 4 aromatic carbocycles. The smallest absolute Gasteiger partial charge is 0.417 e. The lowest BCUT2D eigenvalue weighted by Gasteiger charge is -2.19. The number of carbonyl (C=O) groups excluding carboxylic acids is 2. The molecule has 0 amide bonds. The topological polar surface area (TPSA) is 52.6 Å². The van der Waals surface area contributed by atoms with E-state index in [1.165, 1.54) is 44.2 Å². The Balaban J connectivity index is 1.75. The van der Waals surface area contributed by atoms with Gasteiger partial charge in [0.15, 0.2) is 0 Å². The van der Waals surface area contributed by atoms with Crippen molar-refractivity contribution in [1.82, 2.24) is 0 Å². The van der Waals surface area contributed by atoms with Gasteiger partial charge in [0.25, 0.3) is 0 Å². The van der Waals surface area contributed by atoms with Gasteiger partial charge in [-0.05, 0) is 88.7 Å². The van der Waals surface area contributed by atoms with E-state index in [0.29, 0.717) is 23.8 Å². The summed E-state index contributed by atoms with van der Waals surface area (Å²) in [7, 11) is 0. The SMILES string of the molecule is C=C(C)C(=O)OCCc1ccc(-c2ccc(-c3cc(-c4ccc(CCOC(=O)C(=C)C)cc4C(F)(F)F)cc(C(F)(F)F)c3)cc2C(F)(F)F)cc1. The molecule has 0 saturated heterocycles. The molecular weight excluding hydrogens is 703 g/mol. The third-order valence-corrected chi connectivity index (χ3v) is 7.83. The number of hydrogen-bond acceptors (Lipinski definition) is 4. The van der Waals surface area contributed by atoms with E-state index in [9.17, 15) is 49.1 Å². The third kappa shape index (κ3) is 9.92. The highest BCUT2D eigenvalue weighted by atomic mass is 19.4. The molecule has 0 heterocycles.